The summed E-state index contributed by atoms with van der Waals surface area (Å²) in [6, 6.07) is 1.12. The molecule has 0 radical (unpaired) electrons. The van der Waals surface area contributed by atoms with Gasteiger partial charge in [0.15, 0.2) is 0 Å². The molecule has 0 aromatic carbocycles. The molecule has 218 valence electrons. The summed E-state index contributed by atoms with van der Waals surface area (Å²) >= 11 is 0. The highest BCUT2D eigenvalue weighted by Crippen LogP contribution is 2.38. The van der Waals surface area contributed by atoms with E-state index in [9.17, 15) is 23.1 Å². The molecule has 1 saturated heterocycles. The maximum atomic E-state index is 13.3. The van der Waals surface area contributed by atoms with Gasteiger partial charge >= 0.3 is 6.18 Å². The first-order chi connectivity index (χ1) is 18.9. The van der Waals surface area contributed by atoms with Gasteiger partial charge in [0.05, 0.1) is 43.6 Å². The van der Waals surface area contributed by atoms with Crippen molar-refractivity contribution in [1.82, 2.24) is 29.3 Å². The zero-order valence-corrected chi connectivity index (χ0v) is 23.0. The molecule has 1 amide bonds. The van der Waals surface area contributed by atoms with E-state index in [1.807, 2.05) is 26.1 Å². The lowest BCUT2D eigenvalue weighted by Crippen LogP contribution is -2.51. The lowest BCUT2D eigenvalue weighted by Gasteiger charge is -2.34. The van der Waals surface area contributed by atoms with Crippen LogP contribution >= 0.6 is 0 Å². The summed E-state index contributed by atoms with van der Waals surface area (Å²) < 4.78 is 47.5. The van der Waals surface area contributed by atoms with Crippen LogP contribution in [0, 0.1) is 0 Å². The van der Waals surface area contributed by atoms with Crippen molar-refractivity contribution in [2.75, 3.05) is 31.6 Å². The first-order valence-electron chi connectivity index (χ1n) is 13.7. The van der Waals surface area contributed by atoms with Crippen LogP contribution in [0.3, 0.4) is 0 Å². The van der Waals surface area contributed by atoms with Crippen LogP contribution in [-0.2, 0) is 15.1 Å². The summed E-state index contributed by atoms with van der Waals surface area (Å²) in [5.74, 6) is 0.187. The summed E-state index contributed by atoms with van der Waals surface area (Å²) in [6.07, 6.45) is 2.38. The Labute approximate surface area is 230 Å². The van der Waals surface area contributed by atoms with Gasteiger partial charge in [-0.05, 0) is 52.5 Å². The summed E-state index contributed by atoms with van der Waals surface area (Å²) in [5, 5.41) is 22.0. The van der Waals surface area contributed by atoms with Crippen molar-refractivity contribution >= 4 is 17.4 Å². The van der Waals surface area contributed by atoms with Gasteiger partial charge < -0.3 is 20.1 Å². The van der Waals surface area contributed by atoms with Gasteiger partial charge in [-0.3, -0.25) is 9.48 Å². The number of carbonyl (C=O) groups is 1. The lowest BCUT2D eigenvalue weighted by atomic mass is 9.85. The second-order valence-electron chi connectivity index (χ2n) is 11.4. The Bertz CT molecular complexity index is 1340. The smallest absolute Gasteiger partial charge is 0.391 e. The fourth-order valence-corrected chi connectivity index (χ4v) is 5.61. The fourth-order valence-electron chi connectivity index (χ4n) is 5.61. The number of alkyl halides is 3. The van der Waals surface area contributed by atoms with Crippen molar-refractivity contribution < 1.29 is 27.8 Å². The number of aromatic nitrogens is 5. The predicted molar refractivity (Wildman–Crippen MR) is 142 cm³/mol. The molecule has 40 heavy (non-hydrogen) atoms. The molecule has 2 aliphatic rings. The molecule has 2 N–H and O–H groups in total. The highest BCUT2D eigenvalue weighted by Gasteiger charge is 2.36. The molecule has 1 aliphatic carbocycles. The molecule has 1 aliphatic heterocycles. The van der Waals surface area contributed by atoms with Gasteiger partial charge in [-0.25, -0.2) is 9.50 Å². The molecule has 1 atom stereocenters. The first-order valence-corrected chi connectivity index (χ1v) is 13.7. The SMILES string of the molecule is C[C@@H](CC(F)(F)F)Nc1ncc2c(-c3cnn(C(C)(C)C(=O)N4CCOCC4)c3)cc(C3CCC(O)CC3)n2n1. The molecule has 3 aromatic heterocycles. The lowest BCUT2D eigenvalue weighted by molar-refractivity contribution is -0.144. The Morgan fingerprint density at radius 1 is 1.18 bits per heavy atom. The first kappa shape index (κ1) is 28.3. The molecule has 0 unspecified atom stereocenters. The Kier molecular flexibility index (Phi) is 7.79. The molecular weight excluding hydrogens is 527 g/mol. The molecule has 5 rings (SSSR count). The van der Waals surface area contributed by atoms with E-state index in [0.29, 0.717) is 44.7 Å². The number of hydrogen-bond acceptors (Lipinski definition) is 7. The number of rotatable bonds is 7. The fraction of sp³-hybridized carbons (Fsp3) is 0.630. The maximum absolute atomic E-state index is 13.3. The highest BCUT2D eigenvalue weighted by atomic mass is 19.4. The van der Waals surface area contributed by atoms with E-state index >= 15 is 0 Å². The number of fused-ring (bicyclic) bond motifs is 1. The van der Waals surface area contributed by atoms with Crippen LogP contribution in [0.2, 0.25) is 0 Å². The van der Waals surface area contributed by atoms with Crippen molar-refractivity contribution in [3.63, 3.8) is 0 Å². The summed E-state index contributed by atoms with van der Waals surface area (Å²) in [4.78, 5) is 19.4. The van der Waals surface area contributed by atoms with E-state index in [2.05, 4.69) is 20.5 Å². The molecule has 0 spiro atoms. The highest BCUT2D eigenvalue weighted by molar-refractivity contribution is 5.85. The summed E-state index contributed by atoms with van der Waals surface area (Å²) in [5.41, 5.74) is 2.26. The Balaban J connectivity index is 1.48. The molecule has 13 heteroatoms. The van der Waals surface area contributed by atoms with Gasteiger partial charge in [0, 0.05) is 48.1 Å². The molecular formula is C27H36F3N7O3. The van der Waals surface area contributed by atoms with Crippen LogP contribution in [0.15, 0.2) is 24.7 Å². The minimum atomic E-state index is -4.30. The summed E-state index contributed by atoms with van der Waals surface area (Å²) in [6.45, 7) is 7.21. The number of carbonyl (C=O) groups excluding carboxylic acids is 1. The van der Waals surface area contributed by atoms with Gasteiger partial charge in [-0.2, -0.15) is 18.3 Å². The van der Waals surface area contributed by atoms with E-state index in [0.717, 1.165) is 29.7 Å². The third-order valence-corrected chi connectivity index (χ3v) is 7.86. The molecule has 0 bridgehead atoms. The van der Waals surface area contributed by atoms with Crippen LogP contribution in [0.5, 0.6) is 0 Å². The number of nitrogens with zero attached hydrogens (tertiary/aromatic N) is 6. The zero-order chi connectivity index (χ0) is 28.7. The van der Waals surface area contributed by atoms with Crippen molar-refractivity contribution in [2.24, 2.45) is 0 Å². The molecule has 3 aromatic rings. The molecule has 2 fully saturated rings. The standard InChI is InChI=1S/C27H36F3N7O3/c1-17(13-27(28,29)30)33-25-31-15-23-21(12-22(37(23)34-25)18-4-6-20(38)7-5-18)19-14-32-36(16-19)26(2,3)24(39)35-8-10-40-11-9-35/h12,14-18,20,38H,4-11,13H2,1-3H3,(H,33,34)/t17-,18?,20?/m0/s1. The van der Waals surface area contributed by atoms with Crippen LogP contribution in [0.25, 0.3) is 16.6 Å². The quantitative estimate of drug-likeness (QED) is 0.448. The van der Waals surface area contributed by atoms with Gasteiger partial charge in [-0.1, -0.05) is 0 Å². The Morgan fingerprint density at radius 2 is 1.88 bits per heavy atom. The minimum absolute atomic E-state index is 0.0410. The normalized spacial score (nSPS) is 21.5. The number of aliphatic hydroxyl groups is 1. The van der Waals surface area contributed by atoms with Gasteiger partial charge in [0.2, 0.25) is 11.9 Å². The van der Waals surface area contributed by atoms with Crippen LogP contribution < -0.4 is 5.32 Å². The van der Waals surface area contributed by atoms with E-state index in [1.165, 1.54) is 6.92 Å². The second kappa shape index (κ2) is 11.0. The number of aliphatic hydroxyl groups excluding tert-OH is 1. The number of ether oxygens (including phenoxy) is 1. The van der Waals surface area contributed by atoms with E-state index in [4.69, 9.17) is 4.74 Å². The number of morpholine rings is 1. The monoisotopic (exact) mass is 563 g/mol. The van der Waals surface area contributed by atoms with E-state index in [-0.39, 0.29) is 23.9 Å². The van der Waals surface area contributed by atoms with Gasteiger partial charge in [-0.15, -0.1) is 5.10 Å². The zero-order valence-electron chi connectivity index (χ0n) is 23.0. The number of halogens is 3. The Hall–Kier alpha value is -3.19. The van der Waals surface area contributed by atoms with Gasteiger partial charge in [0.25, 0.3) is 0 Å². The van der Waals surface area contributed by atoms with Crippen molar-refractivity contribution in [1.29, 1.82) is 0 Å². The molecule has 4 heterocycles. The third-order valence-electron chi connectivity index (χ3n) is 7.86. The van der Waals surface area contributed by atoms with Crippen molar-refractivity contribution in [3.8, 4) is 11.1 Å². The van der Waals surface area contributed by atoms with E-state index in [1.54, 1.807) is 26.5 Å². The van der Waals surface area contributed by atoms with Crippen LogP contribution in [0.1, 0.15) is 64.5 Å². The van der Waals surface area contributed by atoms with Crippen LogP contribution in [-0.4, -0.2) is 84.9 Å². The number of anilines is 1. The second-order valence-corrected chi connectivity index (χ2v) is 11.4. The predicted octanol–water partition coefficient (Wildman–Crippen LogP) is 3.96. The Morgan fingerprint density at radius 3 is 2.55 bits per heavy atom. The molecule has 1 saturated carbocycles. The summed E-state index contributed by atoms with van der Waals surface area (Å²) in [7, 11) is 0. The maximum Gasteiger partial charge on any atom is 0.391 e. The number of amides is 1. The van der Waals surface area contributed by atoms with Crippen molar-refractivity contribution in [2.45, 2.75) is 82.7 Å². The average Bonchev–Trinajstić information content (AvgIpc) is 3.54. The van der Waals surface area contributed by atoms with Crippen LogP contribution in [0.4, 0.5) is 19.1 Å². The average molecular weight is 564 g/mol. The largest absolute Gasteiger partial charge is 0.393 e. The minimum Gasteiger partial charge on any atom is -0.393 e. The third kappa shape index (κ3) is 5.95. The van der Waals surface area contributed by atoms with E-state index < -0.39 is 24.2 Å². The number of nitrogens with one attached hydrogen (secondary N) is 1. The van der Waals surface area contributed by atoms with Crippen molar-refractivity contribution in [3.05, 3.63) is 30.4 Å². The van der Waals surface area contributed by atoms with Gasteiger partial charge in [0.1, 0.15) is 5.54 Å². The topological polar surface area (TPSA) is 110 Å². The molecule has 10 nitrogen and oxygen atoms in total. The number of hydrogen-bond donors (Lipinski definition) is 2.